The summed E-state index contributed by atoms with van der Waals surface area (Å²) in [6.45, 7) is 4.03. The molecule has 20 heavy (non-hydrogen) atoms. The van der Waals surface area contributed by atoms with Crippen LogP contribution in [0, 0.1) is 0 Å². The number of anilines is 1. The number of nitrogens with one attached hydrogen (secondary N) is 1. The topological polar surface area (TPSA) is 99.0 Å². The first-order chi connectivity index (χ1) is 9.06. The highest BCUT2D eigenvalue weighted by atomic mass is 79.9. The molecule has 0 saturated heterocycles. The van der Waals surface area contributed by atoms with Crippen LogP contribution in [0.4, 0.5) is 11.4 Å². The number of benzene rings is 1. The van der Waals surface area contributed by atoms with Gasteiger partial charge in [-0.3, -0.25) is 14.1 Å². The molecule has 1 aromatic carbocycles. The quantitative estimate of drug-likeness (QED) is 0.543. The summed E-state index contributed by atoms with van der Waals surface area (Å²) >= 11 is 6.95. The average molecular weight is 428 g/mol. The van der Waals surface area contributed by atoms with E-state index >= 15 is 0 Å². The number of allylic oxidation sites excluding steroid dienone is 2. The van der Waals surface area contributed by atoms with Gasteiger partial charge >= 0.3 is 10.4 Å². The number of hydrogen-bond donors (Lipinski definition) is 3. The summed E-state index contributed by atoms with van der Waals surface area (Å²) in [4.78, 5) is 4.52. The molecule has 0 bridgehead atoms. The lowest BCUT2D eigenvalue weighted by molar-refractivity contribution is 0.381. The minimum atomic E-state index is -4.67. The number of fused-ring (bicyclic) bond motifs is 1. The van der Waals surface area contributed by atoms with Crippen LogP contribution in [-0.4, -0.2) is 23.2 Å². The molecule has 1 aliphatic rings. The molecule has 0 radical (unpaired) electrons. The summed E-state index contributed by atoms with van der Waals surface area (Å²) < 4.78 is 33.6. The van der Waals surface area contributed by atoms with Crippen molar-refractivity contribution in [1.82, 2.24) is 0 Å². The summed E-state index contributed by atoms with van der Waals surface area (Å²) in [5.74, 6) is 0. The predicted octanol–water partition coefficient (Wildman–Crippen LogP) is 3.98. The maximum Gasteiger partial charge on any atom is 0.394 e. The van der Waals surface area contributed by atoms with Crippen LogP contribution < -0.4 is 5.32 Å². The molecule has 3 N–H and O–H groups in total. The molecule has 1 heterocycles. The van der Waals surface area contributed by atoms with Crippen molar-refractivity contribution >= 4 is 59.3 Å². The van der Waals surface area contributed by atoms with Crippen molar-refractivity contribution in [2.45, 2.75) is 13.8 Å². The molecule has 0 saturated carbocycles. The van der Waals surface area contributed by atoms with Crippen LogP contribution in [-0.2, 0) is 10.4 Å². The van der Waals surface area contributed by atoms with Gasteiger partial charge < -0.3 is 5.32 Å². The second-order valence-electron chi connectivity index (χ2n) is 3.94. The van der Waals surface area contributed by atoms with Crippen molar-refractivity contribution in [3.05, 3.63) is 32.9 Å². The van der Waals surface area contributed by atoms with E-state index in [1.807, 2.05) is 32.1 Å². The molecule has 0 fully saturated rings. The molecule has 0 aromatic heterocycles. The van der Waals surface area contributed by atoms with Gasteiger partial charge in [-0.15, -0.1) is 0 Å². The van der Waals surface area contributed by atoms with Gasteiger partial charge in [-0.25, -0.2) is 0 Å². The van der Waals surface area contributed by atoms with Crippen LogP contribution in [0.1, 0.15) is 13.8 Å². The normalized spacial score (nSPS) is 13.9. The first-order valence-corrected chi connectivity index (χ1v) is 8.24. The van der Waals surface area contributed by atoms with Crippen molar-refractivity contribution in [2.24, 2.45) is 4.99 Å². The molecule has 1 aromatic rings. The fourth-order valence-electron chi connectivity index (χ4n) is 1.51. The minimum absolute atomic E-state index is 0.954. The lowest BCUT2D eigenvalue weighted by Crippen LogP contribution is -1.95. The van der Waals surface area contributed by atoms with Crippen molar-refractivity contribution in [3.63, 3.8) is 0 Å². The maximum absolute atomic E-state index is 8.74. The van der Waals surface area contributed by atoms with Gasteiger partial charge in [-0.2, -0.15) is 8.42 Å². The summed E-state index contributed by atoms with van der Waals surface area (Å²) in [5, 5.41) is 3.32. The summed E-state index contributed by atoms with van der Waals surface area (Å²) in [6.07, 6.45) is 2.03. The molecule has 9 heteroatoms. The first-order valence-electron chi connectivity index (χ1n) is 5.26. The standard InChI is InChI=1S/C11H10Br2N2.H2O4S/c1-6-3-7(2)15-11-5-9(13)8(12)4-10(11)14-6;1-5(2,3)4/h3-5,14H,1-2H3;(H2,1,2,3,4). The van der Waals surface area contributed by atoms with Gasteiger partial charge in [0.25, 0.3) is 0 Å². The first kappa shape index (κ1) is 17.3. The van der Waals surface area contributed by atoms with E-state index in [1.54, 1.807) is 0 Å². The van der Waals surface area contributed by atoms with Gasteiger partial charge in [0.15, 0.2) is 0 Å². The van der Waals surface area contributed by atoms with E-state index in [1.165, 1.54) is 0 Å². The molecule has 0 aliphatic carbocycles. The molecule has 0 unspecified atom stereocenters. The van der Waals surface area contributed by atoms with E-state index in [2.05, 4.69) is 42.2 Å². The molecule has 6 nitrogen and oxygen atoms in total. The third-order valence-electron chi connectivity index (χ3n) is 2.09. The summed E-state index contributed by atoms with van der Waals surface area (Å²) in [5.41, 5.74) is 4.09. The number of hydrogen-bond acceptors (Lipinski definition) is 4. The van der Waals surface area contributed by atoms with Crippen molar-refractivity contribution in [3.8, 4) is 0 Å². The molecule has 110 valence electrons. The second-order valence-corrected chi connectivity index (χ2v) is 6.54. The lowest BCUT2D eigenvalue weighted by atomic mass is 10.2. The number of halogens is 2. The fraction of sp³-hybridized carbons (Fsp3) is 0.182. The lowest BCUT2D eigenvalue weighted by Gasteiger charge is -2.08. The van der Waals surface area contributed by atoms with Gasteiger partial charge in [0.05, 0.1) is 11.4 Å². The fourth-order valence-corrected chi connectivity index (χ4v) is 2.19. The molecule has 0 amide bonds. The molecule has 0 spiro atoms. The van der Waals surface area contributed by atoms with Gasteiger partial charge in [-0.05, 0) is 63.9 Å². The van der Waals surface area contributed by atoms with Crippen LogP contribution in [0.15, 0.2) is 37.8 Å². The Morgan fingerprint density at radius 3 is 2.20 bits per heavy atom. The van der Waals surface area contributed by atoms with Crippen LogP contribution in [0.3, 0.4) is 0 Å². The number of aliphatic imine (C=N–C) groups is 1. The largest absolute Gasteiger partial charge is 0.394 e. The molecular formula is C11H12Br2N2O4S. The zero-order valence-electron chi connectivity index (χ0n) is 10.6. The maximum atomic E-state index is 8.74. The van der Waals surface area contributed by atoms with Gasteiger partial charge in [0.2, 0.25) is 0 Å². The van der Waals surface area contributed by atoms with Crippen molar-refractivity contribution in [1.29, 1.82) is 0 Å². The van der Waals surface area contributed by atoms with E-state index in [-0.39, 0.29) is 0 Å². The van der Waals surface area contributed by atoms with Gasteiger partial charge in [0.1, 0.15) is 0 Å². The number of rotatable bonds is 0. The Morgan fingerprint density at radius 2 is 1.65 bits per heavy atom. The molecule has 0 atom stereocenters. The Balaban J connectivity index is 0.000000347. The van der Waals surface area contributed by atoms with E-state index < -0.39 is 10.4 Å². The highest BCUT2D eigenvalue weighted by Crippen LogP contribution is 2.36. The van der Waals surface area contributed by atoms with Crippen molar-refractivity contribution < 1.29 is 17.5 Å². The zero-order valence-corrected chi connectivity index (χ0v) is 14.5. The molecule has 1 aliphatic heterocycles. The van der Waals surface area contributed by atoms with Crippen LogP contribution >= 0.6 is 31.9 Å². The zero-order chi connectivity index (χ0) is 15.5. The third kappa shape index (κ3) is 6.14. The minimum Gasteiger partial charge on any atom is -0.357 e. The SMILES string of the molecule is CC1=CC(C)=Nc2cc(Br)c(Br)cc2N1.O=S(=O)(O)O. The van der Waals surface area contributed by atoms with Gasteiger partial charge in [0, 0.05) is 20.4 Å². The highest BCUT2D eigenvalue weighted by Gasteiger charge is 2.09. The van der Waals surface area contributed by atoms with E-state index in [4.69, 9.17) is 17.5 Å². The van der Waals surface area contributed by atoms with Crippen LogP contribution in [0.2, 0.25) is 0 Å². The number of nitrogens with zero attached hydrogens (tertiary/aromatic N) is 1. The summed E-state index contributed by atoms with van der Waals surface area (Å²) in [7, 11) is -4.67. The Bertz CT molecular complexity index is 676. The van der Waals surface area contributed by atoms with E-state index in [0.29, 0.717) is 0 Å². The van der Waals surface area contributed by atoms with Crippen molar-refractivity contribution in [2.75, 3.05) is 5.32 Å². The average Bonchev–Trinajstić information content (AvgIpc) is 2.34. The Labute approximate surface area is 133 Å². The van der Waals surface area contributed by atoms with Gasteiger partial charge in [-0.1, -0.05) is 0 Å². The molecular weight excluding hydrogens is 416 g/mol. The monoisotopic (exact) mass is 426 g/mol. The smallest absolute Gasteiger partial charge is 0.357 e. The highest BCUT2D eigenvalue weighted by molar-refractivity contribution is 9.13. The Morgan fingerprint density at radius 1 is 1.15 bits per heavy atom. The second kappa shape index (κ2) is 6.81. The Kier molecular flexibility index (Phi) is 5.90. The third-order valence-corrected chi connectivity index (χ3v) is 3.94. The van der Waals surface area contributed by atoms with Crippen LogP contribution in [0.25, 0.3) is 0 Å². The Hall–Kier alpha value is -0.740. The van der Waals surface area contributed by atoms with E-state index in [9.17, 15) is 0 Å². The predicted molar refractivity (Wildman–Crippen MR) is 86.2 cm³/mol. The van der Waals surface area contributed by atoms with Crippen LogP contribution in [0.5, 0.6) is 0 Å². The molecule has 2 rings (SSSR count). The summed E-state index contributed by atoms with van der Waals surface area (Å²) in [6, 6.07) is 4.03. The van der Waals surface area contributed by atoms with E-state index in [0.717, 1.165) is 31.7 Å².